The van der Waals surface area contributed by atoms with E-state index in [0.717, 1.165) is 16.2 Å². The summed E-state index contributed by atoms with van der Waals surface area (Å²) in [5.74, 6) is -5.46. The van der Waals surface area contributed by atoms with Crippen molar-refractivity contribution in [1.29, 1.82) is 0 Å². The Balaban J connectivity index is 1.30. The molecule has 21 heteroatoms. The number of methoxy groups -OCH3 is 1. The van der Waals surface area contributed by atoms with Crippen molar-refractivity contribution in [1.82, 2.24) is 15.2 Å². The van der Waals surface area contributed by atoms with E-state index in [1.807, 2.05) is 12.1 Å². The second-order valence-corrected chi connectivity index (χ2v) is 21.0. The smallest absolute Gasteiger partial charge is 0.356 e. The molecule has 2 amide bonds. The van der Waals surface area contributed by atoms with Crippen LogP contribution in [0.5, 0.6) is 5.75 Å². The number of alkyl halides is 1. The number of carbonyl (C=O) groups is 6. The van der Waals surface area contributed by atoms with Crippen molar-refractivity contribution in [3.8, 4) is 5.75 Å². The summed E-state index contributed by atoms with van der Waals surface area (Å²) in [6.45, 7) is 9.64. The van der Waals surface area contributed by atoms with Gasteiger partial charge in [0.1, 0.15) is 55.7 Å². The van der Waals surface area contributed by atoms with Gasteiger partial charge in [-0.25, -0.2) is 14.6 Å². The molecule has 1 fully saturated rings. The highest BCUT2D eigenvalue weighted by molar-refractivity contribution is 7.86. The zero-order chi connectivity index (χ0) is 50.2. The maximum Gasteiger partial charge on any atom is 0.356 e. The zero-order valence-corrected chi connectivity index (χ0v) is 41.8. The minimum absolute atomic E-state index is 0.0967. The normalized spacial score (nSPS) is 17.5. The number of amides is 2. The minimum atomic E-state index is -1.91. The molecule has 2 aliphatic heterocycles. The van der Waals surface area contributed by atoms with E-state index in [9.17, 15) is 33.0 Å². The Morgan fingerprint density at radius 2 is 1.49 bits per heavy atom. The van der Waals surface area contributed by atoms with Crippen molar-refractivity contribution >= 4 is 86.7 Å². The third kappa shape index (κ3) is 13.6. The molecule has 3 heterocycles. The van der Waals surface area contributed by atoms with Crippen molar-refractivity contribution in [3.05, 3.63) is 128 Å². The minimum Gasteiger partial charge on any atom is -0.497 e. The van der Waals surface area contributed by atoms with E-state index in [1.165, 1.54) is 7.11 Å². The molecule has 1 aromatic heterocycles. The predicted molar refractivity (Wildman–Crippen MR) is 255 cm³/mol. The monoisotopic (exact) mass is 1020 g/mol. The molecule has 366 valence electrons. The van der Waals surface area contributed by atoms with Gasteiger partial charge in [-0.1, -0.05) is 89.6 Å². The molecule has 3 aromatic carbocycles. The Kier molecular flexibility index (Phi) is 17.0. The summed E-state index contributed by atoms with van der Waals surface area (Å²) < 4.78 is 41.3. The van der Waals surface area contributed by atoms with Gasteiger partial charge >= 0.3 is 23.9 Å². The molecule has 4 aromatic rings. The summed E-state index contributed by atoms with van der Waals surface area (Å²) in [6.07, 6.45) is -3.80. The molecule has 0 bridgehead atoms. The highest BCUT2D eigenvalue weighted by atomic mass is 35.5. The van der Waals surface area contributed by atoms with Crippen LogP contribution in [-0.4, -0.2) is 103 Å². The van der Waals surface area contributed by atoms with E-state index in [-0.39, 0.29) is 51.0 Å². The molecule has 1 unspecified atom stereocenters. The van der Waals surface area contributed by atoms with Crippen LogP contribution < -0.4 is 10.1 Å². The van der Waals surface area contributed by atoms with Gasteiger partial charge in [0.25, 0.3) is 11.8 Å². The molecule has 0 saturated carbocycles. The number of halogens is 2. The number of hydrogen-bond donors (Lipinski definition) is 1. The third-order valence-electron chi connectivity index (χ3n) is 9.91. The van der Waals surface area contributed by atoms with Crippen molar-refractivity contribution in [2.75, 3.05) is 18.7 Å². The number of nitrogens with one attached hydrogen (secondary N) is 1. The Morgan fingerprint density at radius 3 is 2.06 bits per heavy atom. The van der Waals surface area contributed by atoms with Crippen LogP contribution in [0.2, 0.25) is 4.34 Å². The number of oxime groups is 1. The van der Waals surface area contributed by atoms with E-state index < -0.39 is 93.4 Å². The highest BCUT2D eigenvalue weighted by Gasteiger charge is 2.58. The van der Waals surface area contributed by atoms with Gasteiger partial charge in [0.05, 0.1) is 36.5 Å². The third-order valence-corrected chi connectivity index (χ3v) is 13.1. The quantitative estimate of drug-likeness (QED) is 0.0282. The Hall–Kier alpha value is -6.15. The lowest BCUT2D eigenvalue weighted by Gasteiger charge is -2.49. The maximum atomic E-state index is 14.5. The first kappa shape index (κ1) is 52.2. The molecule has 1 N–H and O–H groups in total. The molecule has 17 nitrogen and oxygen atoms in total. The lowest BCUT2D eigenvalue weighted by molar-refractivity contribution is -0.169. The molecule has 69 heavy (non-hydrogen) atoms. The van der Waals surface area contributed by atoms with Crippen LogP contribution in [0.15, 0.2) is 101 Å². The number of fused-ring (bicyclic) bond motifs is 1. The van der Waals surface area contributed by atoms with Gasteiger partial charge in [-0.05, 0) is 75.9 Å². The number of nitrogens with zero attached hydrogens (tertiary/aromatic N) is 3. The molecule has 0 radical (unpaired) electrons. The topological polar surface area (TPSA) is 215 Å². The fourth-order valence-corrected chi connectivity index (χ4v) is 10.1. The Bertz CT molecular complexity index is 2610. The number of thiazole rings is 1. The molecular weight excluding hydrogens is 976 g/mol. The van der Waals surface area contributed by atoms with E-state index in [0.29, 0.717) is 22.4 Å². The summed E-state index contributed by atoms with van der Waals surface area (Å²) >= 11 is 13.8. The van der Waals surface area contributed by atoms with Crippen LogP contribution in [0.3, 0.4) is 0 Å². The maximum absolute atomic E-state index is 14.5. The number of esters is 4. The van der Waals surface area contributed by atoms with Crippen LogP contribution in [0, 0.1) is 0 Å². The summed E-state index contributed by atoms with van der Waals surface area (Å²) in [5, 5.41) is 5.33. The van der Waals surface area contributed by atoms with Gasteiger partial charge in [-0.15, -0.1) is 22.9 Å². The largest absolute Gasteiger partial charge is 0.497 e. The summed E-state index contributed by atoms with van der Waals surface area (Å²) in [6, 6.07) is 23.0. The van der Waals surface area contributed by atoms with Crippen LogP contribution in [0.4, 0.5) is 0 Å². The van der Waals surface area contributed by atoms with E-state index in [2.05, 4.69) is 15.5 Å². The number of carbonyl (C=O) groups excluding carboxylic acids is 6. The number of ether oxygens (including phenoxy) is 5. The van der Waals surface area contributed by atoms with E-state index in [4.69, 9.17) is 51.7 Å². The van der Waals surface area contributed by atoms with Gasteiger partial charge in [0.2, 0.25) is 6.10 Å². The second kappa shape index (κ2) is 22.5. The fourth-order valence-electron chi connectivity index (χ4n) is 6.94. The van der Waals surface area contributed by atoms with Gasteiger partial charge in [-0.2, -0.15) is 0 Å². The lowest BCUT2D eigenvalue weighted by Crippen LogP contribution is -2.74. The number of β-lactam (4-membered cyclic amide) rings is 1. The molecule has 0 spiro atoms. The molecular formula is C48H50Cl2N4O13S2. The van der Waals surface area contributed by atoms with Crippen molar-refractivity contribution < 1.29 is 61.5 Å². The van der Waals surface area contributed by atoms with Crippen LogP contribution in [-0.2, 0) is 76.4 Å². The lowest BCUT2D eigenvalue weighted by atomic mass is 10.0. The first-order valence-corrected chi connectivity index (χ1v) is 24.5. The van der Waals surface area contributed by atoms with Gasteiger partial charge in [0.15, 0.2) is 11.8 Å². The molecule has 0 aliphatic carbocycles. The standard InChI is InChI=1S/C48H50Cl2N4O13S2/c1-47(2,3)65-34(55)22-32(45(59)63-25-27-18-20-31(62-7)21-19-27)67-53-37(36-41(50)68-33(51-36)23-35(56)66-48(4,5)6)42(57)52-38-43(58)54-39(30(24-49)26-69(61)44(38)54)46(60)64-40(28-14-10-8-11-15-28)29-16-12-9-13-17-29/h8-21,32,38,40,44H,22-26H2,1-7H3,(H,52,57)/b53-37-/t32-,38+,44+,69?/m0/s1. The first-order chi connectivity index (χ1) is 32.7. The van der Waals surface area contributed by atoms with Crippen molar-refractivity contribution in [2.24, 2.45) is 5.16 Å². The van der Waals surface area contributed by atoms with Crippen molar-refractivity contribution in [2.45, 2.75) is 95.8 Å². The average Bonchev–Trinajstić information content (AvgIpc) is 3.65. The Morgan fingerprint density at radius 1 is 0.899 bits per heavy atom. The number of aromatic nitrogens is 1. The zero-order valence-electron chi connectivity index (χ0n) is 38.6. The summed E-state index contributed by atoms with van der Waals surface area (Å²) in [5.41, 5.74) is -1.03. The molecule has 1 saturated heterocycles. The van der Waals surface area contributed by atoms with Crippen LogP contribution in [0.25, 0.3) is 0 Å². The summed E-state index contributed by atoms with van der Waals surface area (Å²) in [4.78, 5) is 93.4. The Labute approximate surface area is 414 Å². The number of benzene rings is 3. The van der Waals surface area contributed by atoms with E-state index >= 15 is 0 Å². The highest BCUT2D eigenvalue weighted by Crippen LogP contribution is 2.38. The average molecular weight is 1030 g/mol. The number of hydrogen-bond acceptors (Lipinski definition) is 16. The summed E-state index contributed by atoms with van der Waals surface area (Å²) in [7, 11) is -0.417. The van der Waals surface area contributed by atoms with Crippen LogP contribution >= 0.6 is 34.5 Å². The van der Waals surface area contributed by atoms with Gasteiger partial charge in [0, 0.05) is 5.88 Å². The molecule has 6 rings (SSSR count). The number of rotatable bonds is 18. The van der Waals surface area contributed by atoms with Crippen LogP contribution in [0.1, 0.15) is 81.5 Å². The van der Waals surface area contributed by atoms with Gasteiger partial charge < -0.3 is 33.8 Å². The molecule has 4 atom stereocenters. The first-order valence-electron chi connectivity index (χ1n) is 21.4. The van der Waals surface area contributed by atoms with Crippen molar-refractivity contribution in [3.63, 3.8) is 0 Å². The SMILES string of the molecule is COc1ccc(COC(=O)[C@H](CC(=O)OC(C)(C)C)O/N=C(\C(=O)N[C@@H]2C(=O)N3C(C(=O)OC(c4ccccc4)c4ccccc4)=C(CCl)CS(=O)[C@H]23)c2nc(CC(=O)OC(C)(C)C)sc2Cl)cc1. The molecule has 2 aliphatic rings. The fraction of sp³-hybridized carbons (Fsp3) is 0.375. The van der Waals surface area contributed by atoms with Gasteiger partial charge in [-0.3, -0.25) is 28.3 Å². The second-order valence-electron chi connectivity index (χ2n) is 17.5. The predicted octanol–water partition coefficient (Wildman–Crippen LogP) is 6.49. The van der Waals surface area contributed by atoms with E-state index in [1.54, 1.807) is 114 Å².